The minimum absolute atomic E-state index is 0.522. The van der Waals surface area contributed by atoms with E-state index in [9.17, 15) is 5.11 Å². The summed E-state index contributed by atoms with van der Waals surface area (Å²) in [5.74, 6) is 0.652. The highest BCUT2D eigenvalue weighted by Crippen LogP contribution is 2.25. The van der Waals surface area contributed by atoms with Crippen LogP contribution in [0.4, 0.5) is 0 Å². The number of fused-ring (bicyclic) bond motifs is 1. The van der Waals surface area contributed by atoms with Crippen molar-refractivity contribution in [2.75, 3.05) is 13.1 Å². The number of furan rings is 1. The predicted octanol–water partition coefficient (Wildman–Crippen LogP) is 2.47. The Morgan fingerprint density at radius 2 is 2.19 bits per heavy atom. The quantitative estimate of drug-likeness (QED) is 0.759. The summed E-state index contributed by atoms with van der Waals surface area (Å²) in [5, 5.41) is 14.1. The first-order valence-corrected chi connectivity index (χ1v) is 5.68. The van der Waals surface area contributed by atoms with Gasteiger partial charge in [0.15, 0.2) is 0 Å². The fourth-order valence-corrected chi connectivity index (χ4v) is 1.72. The second-order valence-electron chi connectivity index (χ2n) is 3.84. The largest absolute Gasteiger partial charge is 0.458 e. The summed E-state index contributed by atoms with van der Waals surface area (Å²) >= 11 is 0. The lowest BCUT2D eigenvalue weighted by atomic mass is 10.2. The van der Waals surface area contributed by atoms with Crippen molar-refractivity contribution in [1.82, 2.24) is 5.32 Å². The molecule has 0 radical (unpaired) electrons. The van der Waals surface area contributed by atoms with Crippen molar-refractivity contribution in [3.8, 4) is 0 Å². The topological polar surface area (TPSA) is 45.4 Å². The summed E-state index contributed by atoms with van der Waals surface area (Å²) in [7, 11) is 0. The maximum Gasteiger partial charge on any atom is 0.134 e. The first kappa shape index (κ1) is 11.2. The zero-order valence-corrected chi connectivity index (χ0v) is 9.44. The SMILES string of the molecule is CCNCCC(O)c1cc2ccccc2o1. The van der Waals surface area contributed by atoms with Crippen molar-refractivity contribution in [1.29, 1.82) is 0 Å². The van der Waals surface area contributed by atoms with Gasteiger partial charge in [-0.15, -0.1) is 0 Å². The van der Waals surface area contributed by atoms with Crippen molar-refractivity contribution in [2.24, 2.45) is 0 Å². The highest BCUT2D eigenvalue weighted by atomic mass is 16.4. The molecule has 1 aromatic heterocycles. The van der Waals surface area contributed by atoms with Gasteiger partial charge in [-0.1, -0.05) is 25.1 Å². The molecule has 0 saturated heterocycles. The third kappa shape index (κ3) is 2.43. The van der Waals surface area contributed by atoms with E-state index in [0.29, 0.717) is 12.2 Å². The van der Waals surface area contributed by atoms with Crippen molar-refractivity contribution in [2.45, 2.75) is 19.4 Å². The summed E-state index contributed by atoms with van der Waals surface area (Å²) in [6.45, 7) is 3.77. The minimum atomic E-state index is -0.522. The molecule has 1 unspecified atom stereocenters. The lowest BCUT2D eigenvalue weighted by Crippen LogP contribution is -2.16. The van der Waals surface area contributed by atoms with Gasteiger partial charge >= 0.3 is 0 Å². The molecule has 0 aliphatic carbocycles. The van der Waals surface area contributed by atoms with E-state index in [-0.39, 0.29) is 0 Å². The van der Waals surface area contributed by atoms with Crippen LogP contribution in [0.3, 0.4) is 0 Å². The van der Waals surface area contributed by atoms with Crippen molar-refractivity contribution < 1.29 is 9.52 Å². The molecule has 2 rings (SSSR count). The number of nitrogens with one attached hydrogen (secondary N) is 1. The predicted molar refractivity (Wildman–Crippen MR) is 64.3 cm³/mol. The molecule has 0 aliphatic rings. The summed E-state index contributed by atoms with van der Waals surface area (Å²) in [6.07, 6.45) is 0.152. The third-order valence-corrected chi connectivity index (χ3v) is 2.62. The monoisotopic (exact) mass is 219 g/mol. The lowest BCUT2D eigenvalue weighted by molar-refractivity contribution is 0.142. The summed E-state index contributed by atoms with van der Waals surface area (Å²) < 4.78 is 5.58. The van der Waals surface area contributed by atoms with E-state index in [2.05, 4.69) is 5.32 Å². The van der Waals surface area contributed by atoms with Crippen molar-refractivity contribution in [3.63, 3.8) is 0 Å². The molecule has 0 amide bonds. The molecule has 86 valence electrons. The normalized spacial score (nSPS) is 13.1. The highest BCUT2D eigenvalue weighted by Gasteiger charge is 2.12. The van der Waals surface area contributed by atoms with Crippen molar-refractivity contribution in [3.05, 3.63) is 36.1 Å². The number of rotatable bonds is 5. The molecular weight excluding hydrogens is 202 g/mol. The fourth-order valence-electron chi connectivity index (χ4n) is 1.72. The van der Waals surface area contributed by atoms with Gasteiger partial charge in [0.1, 0.15) is 17.4 Å². The molecular formula is C13H17NO2. The number of para-hydroxylation sites is 1. The maximum atomic E-state index is 9.91. The van der Waals surface area contributed by atoms with Crippen LogP contribution in [-0.4, -0.2) is 18.2 Å². The van der Waals surface area contributed by atoms with Crippen LogP contribution in [0.2, 0.25) is 0 Å². The van der Waals surface area contributed by atoms with Gasteiger partial charge < -0.3 is 14.8 Å². The standard InChI is InChI=1S/C13H17NO2/c1-2-14-8-7-11(15)13-9-10-5-3-4-6-12(10)16-13/h3-6,9,11,14-15H,2,7-8H2,1H3. The van der Waals surface area contributed by atoms with Crippen LogP contribution in [-0.2, 0) is 0 Å². The van der Waals surface area contributed by atoms with Gasteiger partial charge in [-0.05, 0) is 31.6 Å². The van der Waals surface area contributed by atoms with Crippen LogP contribution in [0.5, 0.6) is 0 Å². The van der Waals surface area contributed by atoms with Gasteiger partial charge in [0.25, 0.3) is 0 Å². The zero-order chi connectivity index (χ0) is 11.4. The Bertz CT molecular complexity index is 417. The maximum absolute atomic E-state index is 9.91. The van der Waals surface area contributed by atoms with Gasteiger partial charge in [0, 0.05) is 5.39 Å². The highest BCUT2D eigenvalue weighted by molar-refractivity contribution is 5.77. The number of hydrogen-bond donors (Lipinski definition) is 2. The van der Waals surface area contributed by atoms with Gasteiger partial charge in [-0.25, -0.2) is 0 Å². The minimum Gasteiger partial charge on any atom is -0.458 e. The molecule has 16 heavy (non-hydrogen) atoms. The number of hydrogen-bond acceptors (Lipinski definition) is 3. The molecule has 1 aromatic carbocycles. The Labute approximate surface area is 95.1 Å². The van der Waals surface area contributed by atoms with Crippen LogP contribution in [0, 0.1) is 0 Å². The number of aliphatic hydroxyl groups is 1. The summed E-state index contributed by atoms with van der Waals surface area (Å²) in [5.41, 5.74) is 0.833. The lowest BCUT2D eigenvalue weighted by Gasteiger charge is -2.07. The average Bonchev–Trinajstić information content (AvgIpc) is 2.73. The average molecular weight is 219 g/mol. The fraction of sp³-hybridized carbons (Fsp3) is 0.385. The Balaban J connectivity index is 2.07. The Kier molecular flexibility index (Phi) is 3.59. The van der Waals surface area contributed by atoms with Crippen LogP contribution < -0.4 is 5.32 Å². The number of aliphatic hydroxyl groups excluding tert-OH is 1. The van der Waals surface area contributed by atoms with Gasteiger partial charge in [0.2, 0.25) is 0 Å². The molecule has 0 aliphatic heterocycles. The van der Waals surface area contributed by atoms with Crippen molar-refractivity contribution >= 4 is 11.0 Å². The van der Waals surface area contributed by atoms with E-state index in [4.69, 9.17) is 4.42 Å². The van der Waals surface area contributed by atoms with Gasteiger partial charge in [-0.3, -0.25) is 0 Å². The van der Waals surface area contributed by atoms with Gasteiger partial charge in [0.05, 0.1) is 0 Å². The van der Waals surface area contributed by atoms with E-state index in [1.165, 1.54) is 0 Å². The molecule has 0 spiro atoms. The molecule has 1 heterocycles. The van der Waals surface area contributed by atoms with Crippen LogP contribution in [0.1, 0.15) is 25.2 Å². The molecule has 0 fully saturated rings. The van der Waals surface area contributed by atoms with E-state index in [1.54, 1.807) is 0 Å². The Morgan fingerprint density at radius 3 is 2.94 bits per heavy atom. The Morgan fingerprint density at radius 1 is 1.38 bits per heavy atom. The first-order valence-electron chi connectivity index (χ1n) is 5.68. The third-order valence-electron chi connectivity index (χ3n) is 2.62. The molecule has 3 nitrogen and oxygen atoms in total. The van der Waals surface area contributed by atoms with E-state index in [0.717, 1.165) is 24.1 Å². The van der Waals surface area contributed by atoms with Crippen LogP contribution in [0.15, 0.2) is 34.7 Å². The second-order valence-corrected chi connectivity index (χ2v) is 3.84. The van der Waals surface area contributed by atoms with Gasteiger partial charge in [-0.2, -0.15) is 0 Å². The zero-order valence-electron chi connectivity index (χ0n) is 9.44. The summed E-state index contributed by atoms with van der Waals surface area (Å²) in [4.78, 5) is 0. The smallest absolute Gasteiger partial charge is 0.134 e. The summed E-state index contributed by atoms with van der Waals surface area (Å²) in [6, 6.07) is 9.70. The first-order chi connectivity index (χ1) is 7.81. The van der Waals surface area contributed by atoms with E-state index < -0.39 is 6.10 Å². The molecule has 3 heteroatoms. The number of benzene rings is 1. The molecule has 2 aromatic rings. The van der Waals surface area contributed by atoms with Crippen LogP contribution in [0.25, 0.3) is 11.0 Å². The molecule has 1 atom stereocenters. The van der Waals surface area contributed by atoms with E-state index in [1.807, 2.05) is 37.3 Å². The second kappa shape index (κ2) is 5.14. The van der Waals surface area contributed by atoms with E-state index >= 15 is 0 Å². The molecule has 2 N–H and O–H groups in total. The molecule has 0 saturated carbocycles. The van der Waals surface area contributed by atoms with Crippen LogP contribution >= 0.6 is 0 Å². The Hall–Kier alpha value is -1.32. The molecule has 0 bridgehead atoms.